The van der Waals surface area contributed by atoms with Gasteiger partial charge in [0.15, 0.2) is 5.96 Å². The second-order valence-electron chi connectivity index (χ2n) is 6.48. The summed E-state index contributed by atoms with van der Waals surface area (Å²) >= 11 is 0. The molecule has 27 heavy (non-hydrogen) atoms. The highest BCUT2D eigenvalue weighted by atomic mass is 19.4. The van der Waals surface area contributed by atoms with E-state index in [9.17, 15) is 18.0 Å². The maximum atomic E-state index is 12.9. The van der Waals surface area contributed by atoms with E-state index in [1.807, 2.05) is 16.7 Å². The Morgan fingerprint density at radius 2 is 1.89 bits per heavy atom. The van der Waals surface area contributed by atoms with Crippen molar-refractivity contribution in [2.75, 3.05) is 58.3 Å². The van der Waals surface area contributed by atoms with Crippen LogP contribution in [0.4, 0.5) is 18.9 Å². The Hall–Kier alpha value is -2.45. The molecule has 1 heterocycles. The predicted molar refractivity (Wildman–Crippen MR) is 99.9 cm³/mol. The van der Waals surface area contributed by atoms with Gasteiger partial charge in [0.25, 0.3) is 0 Å². The third kappa shape index (κ3) is 5.77. The van der Waals surface area contributed by atoms with Gasteiger partial charge in [-0.05, 0) is 25.1 Å². The van der Waals surface area contributed by atoms with Crippen molar-refractivity contribution in [3.63, 3.8) is 0 Å². The Morgan fingerprint density at radius 3 is 2.44 bits per heavy atom. The molecule has 0 bridgehead atoms. The Bertz CT molecular complexity index is 667. The molecule has 0 spiro atoms. The Morgan fingerprint density at radius 1 is 1.22 bits per heavy atom. The molecule has 1 aliphatic heterocycles. The minimum Gasteiger partial charge on any atom is -0.368 e. The van der Waals surface area contributed by atoms with Gasteiger partial charge in [0, 0.05) is 52.5 Å². The summed E-state index contributed by atoms with van der Waals surface area (Å²) < 4.78 is 38.7. The molecule has 9 heteroatoms. The smallest absolute Gasteiger partial charge is 0.368 e. The number of hydrogen-bond acceptors (Lipinski definition) is 3. The Kier molecular flexibility index (Phi) is 6.92. The lowest BCUT2D eigenvalue weighted by Gasteiger charge is -2.38. The van der Waals surface area contributed by atoms with Gasteiger partial charge in [-0.25, -0.2) is 4.99 Å². The topological polar surface area (TPSA) is 51.2 Å². The number of anilines is 1. The first-order valence-electron chi connectivity index (χ1n) is 8.88. The number of guanidine groups is 1. The van der Waals surface area contributed by atoms with Crippen LogP contribution in [0.2, 0.25) is 0 Å². The highest BCUT2D eigenvalue weighted by molar-refractivity contribution is 5.85. The zero-order chi connectivity index (χ0) is 20.0. The zero-order valence-electron chi connectivity index (χ0n) is 15.9. The van der Waals surface area contributed by atoms with Gasteiger partial charge in [0.05, 0.1) is 5.56 Å². The number of likely N-dealkylation sites (N-methyl/N-ethyl adjacent to an activating group) is 1. The molecule has 1 fully saturated rings. The van der Waals surface area contributed by atoms with Crippen LogP contribution in [0.1, 0.15) is 12.5 Å². The fourth-order valence-corrected chi connectivity index (χ4v) is 2.77. The second kappa shape index (κ2) is 8.96. The summed E-state index contributed by atoms with van der Waals surface area (Å²) in [6, 6.07) is 5.39. The van der Waals surface area contributed by atoms with Crippen molar-refractivity contribution >= 4 is 17.6 Å². The zero-order valence-corrected chi connectivity index (χ0v) is 15.9. The molecule has 0 radical (unpaired) electrons. The van der Waals surface area contributed by atoms with E-state index in [4.69, 9.17) is 0 Å². The Balaban J connectivity index is 2.02. The molecule has 2 rings (SSSR count). The van der Waals surface area contributed by atoms with Gasteiger partial charge in [-0.2, -0.15) is 13.2 Å². The van der Waals surface area contributed by atoms with Crippen LogP contribution in [-0.4, -0.2) is 75.0 Å². The third-order valence-corrected chi connectivity index (χ3v) is 4.32. The van der Waals surface area contributed by atoms with Crippen molar-refractivity contribution in [2.24, 2.45) is 4.99 Å². The summed E-state index contributed by atoms with van der Waals surface area (Å²) in [7, 11) is 3.36. The molecule has 6 nitrogen and oxygen atoms in total. The number of halogens is 3. The molecule has 0 aromatic heterocycles. The van der Waals surface area contributed by atoms with E-state index in [0.717, 1.165) is 6.07 Å². The van der Waals surface area contributed by atoms with E-state index in [2.05, 4.69) is 10.3 Å². The lowest BCUT2D eigenvalue weighted by Crippen LogP contribution is -2.52. The molecule has 1 aromatic carbocycles. The number of benzene rings is 1. The number of nitrogens with zero attached hydrogens (tertiary/aromatic N) is 4. The first kappa shape index (κ1) is 20.9. The van der Waals surface area contributed by atoms with Crippen LogP contribution in [0.5, 0.6) is 0 Å². The monoisotopic (exact) mass is 385 g/mol. The van der Waals surface area contributed by atoms with Crippen molar-refractivity contribution in [2.45, 2.75) is 13.1 Å². The predicted octanol–water partition coefficient (Wildman–Crippen LogP) is 1.88. The number of nitrogens with one attached hydrogen (secondary N) is 1. The lowest BCUT2D eigenvalue weighted by atomic mass is 10.1. The Labute approximate surface area is 157 Å². The van der Waals surface area contributed by atoms with Gasteiger partial charge >= 0.3 is 6.18 Å². The molecule has 0 aliphatic carbocycles. The fraction of sp³-hybridized carbons (Fsp3) is 0.556. The van der Waals surface area contributed by atoms with Crippen molar-refractivity contribution in [3.8, 4) is 0 Å². The van der Waals surface area contributed by atoms with Crippen LogP contribution >= 0.6 is 0 Å². The number of piperazine rings is 1. The number of amides is 1. The fourth-order valence-electron chi connectivity index (χ4n) is 2.77. The number of carbonyl (C=O) groups excluding carboxylic acids is 1. The molecule has 0 saturated carbocycles. The van der Waals surface area contributed by atoms with E-state index >= 15 is 0 Å². The van der Waals surface area contributed by atoms with Gasteiger partial charge in [-0.3, -0.25) is 4.79 Å². The molecule has 1 N–H and O–H groups in total. The standard InChI is InChI=1S/C18H26F3N5O/c1-4-22-17(23-13-16(27)24(2)3)26-10-8-25(9-11-26)15-7-5-6-14(12-15)18(19,20)21/h5-7,12H,4,8-11,13H2,1-3H3,(H,22,23). The third-order valence-electron chi connectivity index (χ3n) is 4.32. The SMILES string of the molecule is CCNC(=NCC(=O)N(C)C)N1CCN(c2cccc(C(F)(F)F)c2)CC1. The van der Waals surface area contributed by atoms with Gasteiger partial charge in [0.1, 0.15) is 6.54 Å². The highest BCUT2D eigenvalue weighted by Crippen LogP contribution is 2.31. The van der Waals surface area contributed by atoms with Crippen LogP contribution in [-0.2, 0) is 11.0 Å². The number of rotatable bonds is 4. The lowest BCUT2D eigenvalue weighted by molar-refractivity contribution is -0.137. The quantitative estimate of drug-likeness (QED) is 0.635. The van der Waals surface area contributed by atoms with E-state index < -0.39 is 11.7 Å². The van der Waals surface area contributed by atoms with E-state index in [1.165, 1.54) is 17.0 Å². The maximum Gasteiger partial charge on any atom is 0.416 e. The number of carbonyl (C=O) groups is 1. The minimum atomic E-state index is -4.35. The second-order valence-corrected chi connectivity index (χ2v) is 6.48. The normalized spacial score (nSPS) is 15.7. The molecular weight excluding hydrogens is 359 g/mol. The molecule has 0 atom stereocenters. The molecular formula is C18H26F3N5O. The van der Waals surface area contributed by atoms with Crippen molar-refractivity contribution < 1.29 is 18.0 Å². The average Bonchev–Trinajstić information content (AvgIpc) is 2.64. The largest absolute Gasteiger partial charge is 0.416 e. The van der Waals surface area contributed by atoms with Crippen LogP contribution in [0.15, 0.2) is 29.3 Å². The van der Waals surface area contributed by atoms with Crippen LogP contribution < -0.4 is 10.2 Å². The molecule has 150 valence electrons. The van der Waals surface area contributed by atoms with Crippen molar-refractivity contribution in [1.82, 2.24) is 15.1 Å². The molecule has 1 amide bonds. The van der Waals surface area contributed by atoms with E-state index in [0.29, 0.717) is 44.4 Å². The molecule has 1 saturated heterocycles. The number of aliphatic imine (C=N–C) groups is 1. The number of hydrogen-bond donors (Lipinski definition) is 1. The first-order valence-corrected chi connectivity index (χ1v) is 8.88. The maximum absolute atomic E-state index is 12.9. The van der Waals surface area contributed by atoms with Gasteiger partial charge in [-0.15, -0.1) is 0 Å². The minimum absolute atomic E-state index is 0.0587. The average molecular weight is 385 g/mol. The molecule has 1 aliphatic rings. The first-order chi connectivity index (χ1) is 12.7. The summed E-state index contributed by atoms with van der Waals surface area (Å²) in [5, 5.41) is 3.17. The van der Waals surface area contributed by atoms with Gasteiger partial charge in [0.2, 0.25) is 5.91 Å². The van der Waals surface area contributed by atoms with Gasteiger partial charge in [-0.1, -0.05) is 6.07 Å². The van der Waals surface area contributed by atoms with Gasteiger partial charge < -0.3 is 20.0 Å². The van der Waals surface area contributed by atoms with Crippen LogP contribution in [0, 0.1) is 0 Å². The van der Waals surface area contributed by atoms with E-state index in [1.54, 1.807) is 20.2 Å². The van der Waals surface area contributed by atoms with Crippen molar-refractivity contribution in [1.29, 1.82) is 0 Å². The van der Waals surface area contributed by atoms with E-state index in [-0.39, 0.29) is 12.5 Å². The number of alkyl halides is 3. The van der Waals surface area contributed by atoms with Crippen LogP contribution in [0.25, 0.3) is 0 Å². The summed E-state index contributed by atoms with van der Waals surface area (Å²) in [5.41, 5.74) is -0.0753. The summed E-state index contributed by atoms with van der Waals surface area (Å²) in [6.45, 7) is 5.05. The highest BCUT2D eigenvalue weighted by Gasteiger charge is 2.31. The van der Waals surface area contributed by atoms with Crippen molar-refractivity contribution in [3.05, 3.63) is 29.8 Å². The molecule has 0 unspecified atom stereocenters. The summed E-state index contributed by atoms with van der Waals surface area (Å²) in [6.07, 6.45) is -4.35. The summed E-state index contributed by atoms with van der Waals surface area (Å²) in [4.78, 5) is 21.6. The summed E-state index contributed by atoms with van der Waals surface area (Å²) in [5.74, 6) is 0.560. The van der Waals surface area contributed by atoms with Crippen LogP contribution in [0.3, 0.4) is 0 Å². The molecule has 1 aromatic rings.